The van der Waals surface area contributed by atoms with Crippen molar-refractivity contribution < 1.29 is 28.5 Å². The summed E-state index contributed by atoms with van der Waals surface area (Å²) < 4.78 is 23.8. The molecule has 0 radical (unpaired) electrons. The fourth-order valence-electron chi connectivity index (χ4n) is 3.86. The third kappa shape index (κ3) is 4.99. The Bertz CT molecular complexity index is 895. The van der Waals surface area contributed by atoms with E-state index in [2.05, 4.69) is 5.32 Å². The third-order valence-corrected chi connectivity index (χ3v) is 6.44. The van der Waals surface area contributed by atoms with Gasteiger partial charge in [0.25, 0.3) is 5.91 Å². The van der Waals surface area contributed by atoms with E-state index in [1.165, 1.54) is 14.0 Å². The predicted molar refractivity (Wildman–Crippen MR) is 115 cm³/mol. The van der Waals surface area contributed by atoms with E-state index in [-0.39, 0.29) is 11.0 Å². The highest BCUT2D eigenvalue weighted by atomic mass is 32.2. The van der Waals surface area contributed by atoms with Gasteiger partial charge in [-0.05, 0) is 12.1 Å². The molecule has 0 spiro atoms. The number of thioether (sulfide) groups is 1. The van der Waals surface area contributed by atoms with Gasteiger partial charge in [-0.25, -0.2) is 0 Å². The van der Waals surface area contributed by atoms with Gasteiger partial charge in [0.05, 0.1) is 17.9 Å². The molecule has 1 unspecified atom stereocenters. The van der Waals surface area contributed by atoms with Crippen molar-refractivity contribution in [2.24, 2.45) is 0 Å². The van der Waals surface area contributed by atoms with E-state index in [0.29, 0.717) is 12.2 Å². The van der Waals surface area contributed by atoms with Crippen LogP contribution in [0.2, 0.25) is 0 Å². The lowest BCUT2D eigenvalue weighted by Crippen LogP contribution is -2.65. The minimum Gasteiger partial charge on any atom is -0.354 e. The van der Waals surface area contributed by atoms with Crippen LogP contribution < -0.4 is 5.32 Å². The summed E-state index contributed by atoms with van der Waals surface area (Å²) in [5, 5.41) is 2.51. The maximum absolute atomic E-state index is 12.9. The molecule has 4 rings (SSSR count). The van der Waals surface area contributed by atoms with Crippen LogP contribution in [0.3, 0.4) is 0 Å². The standard InChI is InChI=1S/C23H25NO6S/c1-14(25)31-20-18(24-21(26)15-9-5-3-6-10-15)23(27-2)29-17-13-28-22(30-19(17)20)16-11-7-4-8-12-16/h3-12,17-20,22-23H,13H2,1-2H3,(H,24,26)/t17-,18-,19-,20-,22?,23-/m1/s1. The van der Waals surface area contributed by atoms with Gasteiger partial charge in [-0.2, -0.15) is 0 Å². The molecular formula is C23H25NO6S. The minimum absolute atomic E-state index is 0.0779. The second kappa shape index (κ2) is 9.93. The highest BCUT2D eigenvalue weighted by Gasteiger charge is 2.51. The van der Waals surface area contributed by atoms with Crippen molar-refractivity contribution in [3.8, 4) is 0 Å². The molecule has 1 N–H and O–H groups in total. The zero-order valence-corrected chi connectivity index (χ0v) is 18.1. The van der Waals surface area contributed by atoms with Crippen LogP contribution in [0.5, 0.6) is 0 Å². The molecule has 7 nitrogen and oxygen atoms in total. The molecule has 8 heteroatoms. The Labute approximate surface area is 185 Å². The minimum atomic E-state index is -0.744. The number of nitrogens with one attached hydrogen (secondary N) is 1. The average molecular weight is 444 g/mol. The number of rotatable bonds is 5. The molecule has 2 aliphatic heterocycles. The quantitative estimate of drug-likeness (QED) is 0.761. The molecule has 0 aromatic heterocycles. The molecule has 2 saturated heterocycles. The number of hydrogen-bond donors (Lipinski definition) is 1. The molecule has 1 amide bonds. The van der Waals surface area contributed by atoms with Crippen LogP contribution in [0.15, 0.2) is 60.7 Å². The number of benzene rings is 2. The Kier molecular flexibility index (Phi) is 7.04. The van der Waals surface area contributed by atoms with Crippen molar-refractivity contribution >= 4 is 22.8 Å². The van der Waals surface area contributed by atoms with Crippen molar-refractivity contribution in [1.29, 1.82) is 0 Å². The molecule has 2 heterocycles. The number of fused-ring (bicyclic) bond motifs is 1. The first-order valence-electron chi connectivity index (χ1n) is 10.1. The summed E-state index contributed by atoms with van der Waals surface area (Å²) in [5.41, 5.74) is 1.40. The van der Waals surface area contributed by atoms with Crippen LogP contribution in [0.25, 0.3) is 0 Å². The Morgan fingerprint density at radius 3 is 2.35 bits per heavy atom. The Morgan fingerprint density at radius 2 is 1.71 bits per heavy atom. The van der Waals surface area contributed by atoms with Gasteiger partial charge in [-0.3, -0.25) is 9.59 Å². The van der Waals surface area contributed by atoms with Gasteiger partial charge < -0.3 is 24.3 Å². The molecule has 164 valence electrons. The molecule has 2 aromatic carbocycles. The van der Waals surface area contributed by atoms with Crippen molar-refractivity contribution in [3.05, 3.63) is 71.8 Å². The molecule has 6 atom stereocenters. The second-order valence-electron chi connectivity index (χ2n) is 7.39. The van der Waals surface area contributed by atoms with E-state index in [4.69, 9.17) is 18.9 Å². The average Bonchev–Trinajstić information content (AvgIpc) is 2.80. The molecule has 0 saturated carbocycles. The SMILES string of the molecule is CO[C@@H]1O[C@@H]2COC(c3ccccc3)O[C@H]2[C@H](SC(C)=O)[C@H]1NC(=O)c1ccccc1. The number of methoxy groups -OCH3 is 1. The molecule has 2 fully saturated rings. The van der Waals surface area contributed by atoms with Crippen LogP contribution in [-0.4, -0.2) is 54.5 Å². The van der Waals surface area contributed by atoms with E-state index in [1.54, 1.807) is 24.3 Å². The van der Waals surface area contributed by atoms with Crippen molar-refractivity contribution in [1.82, 2.24) is 5.32 Å². The van der Waals surface area contributed by atoms with Crippen LogP contribution in [0.4, 0.5) is 0 Å². The summed E-state index contributed by atoms with van der Waals surface area (Å²) in [7, 11) is 1.51. The van der Waals surface area contributed by atoms with Crippen LogP contribution in [-0.2, 0) is 23.7 Å². The van der Waals surface area contributed by atoms with Crippen LogP contribution in [0.1, 0.15) is 29.1 Å². The van der Waals surface area contributed by atoms with Gasteiger partial charge >= 0.3 is 0 Å². The Hall–Kier alpha value is -2.23. The molecule has 0 aliphatic carbocycles. The molecule has 2 aromatic rings. The van der Waals surface area contributed by atoms with Gasteiger partial charge in [0.2, 0.25) is 0 Å². The normalized spacial score (nSPS) is 30.3. The Morgan fingerprint density at radius 1 is 1.03 bits per heavy atom. The summed E-state index contributed by atoms with van der Waals surface area (Å²) >= 11 is 1.13. The Balaban J connectivity index is 1.60. The fourth-order valence-corrected chi connectivity index (χ4v) is 4.96. The number of carbonyl (C=O) groups is 2. The number of amides is 1. The van der Waals surface area contributed by atoms with Gasteiger partial charge in [0.1, 0.15) is 12.2 Å². The highest BCUT2D eigenvalue weighted by molar-refractivity contribution is 8.14. The van der Waals surface area contributed by atoms with E-state index in [1.807, 2.05) is 36.4 Å². The van der Waals surface area contributed by atoms with Crippen LogP contribution in [0, 0.1) is 0 Å². The van der Waals surface area contributed by atoms with Crippen LogP contribution >= 0.6 is 11.8 Å². The molecule has 31 heavy (non-hydrogen) atoms. The lowest BCUT2D eigenvalue weighted by atomic mass is 9.98. The number of ether oxygens (including phenoxy) is 4. The van der Waals surface area contributed by atoms with Gasteiger partial charge in [0, 0.05) is 25.2 Å². The first-order chi connectivity index (χ1) is 15.1. The fraction of sp³-hybridized carbons (Fsp3) is 0.391. The summed E-state index contributed by atoms with van der Waals surface area (Å²) in [5.74, 6) is -0.268. The molecular weight excluding hydrogens is 418 g/mol. The number of hydrogen-bond acceptors (Lipinski definition) is 7. The summed E-state index contributed by atoms with van der Waals surface area (Å²) in [6.07, 6.45) is -2.22. The lowest BCUT2D eigenvalue weighted by Gasteiger charge is -2.48. The first-order valence-corrected chi connectivity index (χ1v) is 11.0. The lowest BCUT2D eigenvalue weighted by molar-refractivity contribution is -0.316. The van der Waals surface area contributed by atoms with E-state index in [0.717, 1.165) is 17.3 Å². The zero-order chi connectivity index (χ0) is 21.8. The summed E-state index contributed by atoms with van der Waals surface area (Å²) in [6.45, 7) is 1.79. The first kappa shape index (κ1) is 22.0. The third-order valence-electron chi connectivity index (χ3n) is 5.28. The summed E-state index contributed by atoms with van der Waals surface area (Å²) in [4.78, 5) is 25.0. The summed E-state index contributed by atoms with van der Waals surface area (Å²) in [6, 6.07) is 17.9. The maximum Gasteiger partial charge on any atom is 0.251 e. The topological polar surface area (TPSA) is 83.1 Å². The smallest absolute Gasteiger partial charge is 0.251 e. The zero-order valence-electron chi connectivity index (χ0n) is 17.3. The predicted octanol–water partition coefficient (Wildman–Crippen LogP) is 2.92. The van der Waals surface area contributed by atoms with E-state index >= 15 is 0 Å². The number of carbonyl (C=O) groups excluding carboxylic acids is 2. The van der Waals surface area contributed by atoms with Crippen molar-refractivity contribution in [2.75, 3.05) is 13.7 Å². The highest BCUT2D eigenvalue weighted by Crippen LogP contribution is 2.39. The van der Waals surface area contributed by atoms with E-state index in [9.17, 15) is 9.59 Å². The maximum atomic E-state index is 12.9. The monoisotopic (exact) mass is 443 g/mol. The van der Waals surface area contributed by atoms with Gasteiger partial charge in [-0.1, -0.05) is 60.3 Å². The van der Waals surface area contributed by atoms with E-state index < -0.39 is 36.1 Å². The van der Waals surface area contributed by atoms with Crippen molar-refractivity contribution in [2.45, 2.75) is 43.0 Å². The second-order valence-corrected chi connectivity index (χ2v) is 8.75. The van der Waals surface area contributed by atoms with Gasteiger partial charge in [-0.15, -0.1) is 0 Å². The van der Waals surface area contributed by atoms with Gasteiger partial charge in [0.15, 0.2) is 17.7 Å². The molecule has 2 aliphatic rings. The molecule has 0 bridgehead atoms. The largest absolute Gasteiger partial charge is 0.354 e. The van der Waals surface area contributed by atoms with Crippen molar-refractivity contribution in [3.63, 3.8) is 0 Å².